The summed E-state index contributed by atoms with van der Waals surface area (Å²) in [5.74, 6) is 1.49. The lowest BCUT2D eigenvalue weighted by atomic mass is 10.1. The molecule has 0 aliphatic carbocycles. The van der Waals surface area contributed by atoms with Gasteiger partial charge in [0.2, 0.25) is 5.89 Å². The van der Waals surface area contributed by atoms with Gasteiger partial charge in [-0.3, -0.25) is 9.80 Å². The zero-order chi connectivity index (χ0) is 13.7. The van der Waals surface area contributed by atoms with E-state index in [9.17, 15) is 5.11 Å². The SMILES string of the molecule is CCc1noc(CN2CCN(C(CC)CO)CC2)n1. The fourth-order valence-corrected chi connectivity index (χ4v) is 2.48. The predicted octanol–water partition coefficient (Wildman–Crippen LogP) is 0.520. The molecule has 6 nitrogen and oxygen atoms in total. The van der Waals surface area contributed by atoms with E-state index in [2.05, 4.69) is 26.9 Å². The second kappa shape index (κ2) is 6.98. The molecule has 0 bridgehead atoms. The van der Waals surface area contributed by atoms with E-state index in [1.165, 1.54) is 0 Å². The van der Waals surface area contributed by atoms with Crippen LogP contribution in [-0.2, 0) is 13.0 Å². The molecule has 6 heteroatoms. The maximum atomic E-state index is 9.32. The summed E-state index contributed by atoms with van der Waals surface area (Å²) >= 11 is 0. The maximum Gasteiger partial charge on any atom is 0.240 e. The van der Waals surface area contributed by atoms with Crippen molar-refractivity contribution in [3.8, 4) is 0 Å². The smallest absolute Gasteiger partial charge is 0.240 e. The lowest BCUT2D eigenvalue weighted by Crippen LogP contribution is -2.50. The highest BCUT2D eigenvalue weighted by Gasteiger charge is 2.23. The molecule has 0 spiro atoms. The average molecular weight is 268 g/mol. The van der Waals surface area contributed by atoms with Crippen LogP contribution in [-0.4, -0.2) is 63.9 Å². The van der Waals surface area contributed by atoms with E-state index in [1.807, 2.05) is 6.92 Å². The molecule has 0 aromatic carbocycles. The Balaban J connectivity index is 1.80. The van der Waals surface area contributed by atoms with E-state index in [4.69, 9.17) is 4.52 Å². The summed E-state index contributed by atoms with van der Waals surface area (Å²) in [6.07, 6.45) is 1.81. The number of hydrogen-bond donors (Lipinski definition) is 1. The molecule has 0 saturated carbocycles. The van der Waals surface area contributed by atoms with Crippen molar-refractivity contribution in [2.45, 2.75) is 39.3 Å². The highest BCUT2D eigenvalue weighted by Crippen LogP contribution is 2.11. The van der Waals surface area contributed by atoms with E-state index in [1.54, 1.807) is 0 Å². The summed E-state index contributed by atoms with van der Waals surface area (Å²) in [5, 5.41) is 13.2. The first-order valence-electron chi connectivity index (χ1n) is 7.15. The van der Waals surface area contributed by atoms with Gasteiger partial charge in [0.1, 0.15) is 0 Å². The van der Waals surface area contributed by atoms with Gasteiger partial charge in [-0.2, -0.15) is 4.98 Å². The van der Waals surface area contributed by atoms with Crippen molar-refractivity contribution in [3.05, 3.63) is 11.7 Å². The third-order valence-corrected chi connectivity index (χ3v) is 3.79. The number of piperazine rings is 1. The number of rotatable bonds is 6. The first-order valence-corrected chi connectivity index (χ1v) is 7.15. The van der Waals surface area contributed by atoms with Crippen LogP contribution in [0.5, 0.6) is 0 Å². The molecular formula is C13H24N4O2. The summed E-state index contributed by atoms with van der Waals surface area (Å²) in [7, 11) is 0. The Hall–Kier alpha value is -0.980. The van der Waals surface area contributed by atoms with Gasteiger partial charge in [0.15, 0.2) is 5.82 Å². The number of hydrogen-bond acceptors (Lipinski definition) is 6. The third kappa shape index (κ3) is 3.75. The van der Waals surface area contributed by atoms with Crippen LogP contribution in [0, 0.1) is 0 Å². The van der Waals surface area contributed by atoms with E-state index in [-0.39, 0.29) is 6.61 Å². The monoisotopic (exact) mass is 268 g/mol. The second-order valence-electron chi connectivity index (χ2n) is 5.01. The maximum absolute atomic E-state index is 9.32. The lowest BCUT2D eigenvalue weighted by Gasteiger charge is -2.37. The van der Waals surface area contributed by atoms with Crippen LogP contribution >= 0.6 is 0 Å². The highest BCUT2D eigenvalue weighted by atomic mass is 16.5. The largest absolute Gasteiger partial charge is 0.395 e. The normalized spacial score (nSPS) is 19.7. The molecule has 1 aliphatic rings. The molecule has 1 saturated heterocycles. The Morgan fingerprint density at radius 2 is 2.00 bits per heavy atom. The summed E-state index contributed by atoms with van der Waals surface area (Å²) in [5.41, 5.74) is 0. The lowest BCUT2D eigenvalue weighted by molar-refractivity contribution is 0.0568. The Labute approximate surface area is 114 Å². The second-order valence-corrected chi connectivity index (χ2v) is 5.01. The van der Waals surface area contributed by atoms with Crippen LogP contribution < -0.4 is 0 Å². The molecule has 19 heavy (non-hydrogen) atoms. The fraction of sp³-hybridized carbons (Fsp3) is 0.846. The standard InChI is InChI=1S/C13H24N4O2/c1-3-11(10-18)17-7-5-16(6-8-17)9-13-14-12(4-2)15-19-13/h11,18H,3-10H2,1-2H3. The first-order chi connectivity index (χ1) is 9.26. The van der Waals surface area contributed by atoms with Gasteiger partial charge in [0.05, 0.1) is 13.2 Å². The van der Waals surface area contributed by atoms with Crippen molar-refractivity contribution in [2.75, 3.05) is 32.8 Å². The van der Waals surface area contributed by atoms with Gasteiger partial charge in [0, 0.05) is 38.6 Å². The van der Waals surface area contributed by atoms with Gasteiger partial charge in [-0.05, 0) is 6.42 Å². The average Bonchev–Trinajstić information content (AvgIpc) is 2.90. The third-order valence-electron chi connectivity index (χ3n) is 3.79. The zero-order valence-corrected chi connectivity index (χ0v) is 11.9. The van der Waals surface area contributed by atoms with Crippen molar-refractivity contribution in [2.24, 2.45) is 0 Å². The van der Waals surface area contributed by atoms with Gasteiger partial charge in [0.25, 0.3) is 0 Å². The minimum Gasteiger partial charge on any atom is -0.395 e. The summed E-state index contributed by atoms with van der Waals surface area (Å²) in [6, 6.07) is 0.303. The summed E-state index contributed by atoms with van der Waals surface area (Å²) < 4.78 is 5.22. The molecule has 1 unspecified atom stereocenters. The number of aryl methyl sites for hydroxylation is 1. The molecular weight excluding hydrogens is 244 g/mol. The Kier molecular flexibility index (Phi) is 5.30. The molecule has 0 amide bonds. The Morgan fingerprint density at radius 1 is 1.26 bits per heavy atom. The number of nitrogens with zero attached hydrogens (tertiary/aromatic N) is 4. The van der Waals surface area contributed by atoms with Crippen molar-refractivity contribution >= 4 is 0 Å². The molecule has 108 valence electrons. The first kappa shape index (κ1) is 14.4. The molecule has 1 atom stereocenters. The van der Waals surface area contributed by atoms with Crippen molar-refractivity contribution in [1.82, 2.24) is 19.9 Å². The summed E-state index contributed by atoms with van der Waals surface area (Å²) in [4.78, 5) is 9.03. The van der Waals surface area contributed by atoms with Crippen LogP contribution in [0.2, 0.25) is 0 Å². The topological polar surface area (TPSA) is 65.6 Å². The Morgan fingerprint density at radius 3 is 2.53 bits per heavy atom. The van der Waals surface area contributed by atoms with E-state index >= 15 is 0 Å². The minimum absolute atomic E-state index is 0.250. The number of aliphatic hydroxyl groups excluding tert-OH is 1. The van der Waals surface area contributed by atoms with Gasteiger partial charge >= 0.3 is 0 Å². The van der Waals surface area contributed by atoms with Crippen LogP contribution in [0.15, 0.2) is 4.52 Å². The molecule has 0 radical (unpaired) electrons. The molecule has 2 rings (SSSR count). The number of aliphatic hydroxyl groups is 1. The fourth-order valence-electron chi connectivity index (χ4n) is 2.48. The van der Waals surface area contributed by atoms with Gasteiger partial charge in [-0.15, -0.1) is 0 Å². The van der Waals surface area contributed by atoms with Gasteiger partial charge in [-0.25, -0.2) is 0 Å². The summed E-state index contributed by atoms with van der Waals surface area (Å²) in [6.45, 7) is 9.09. The van der Waals surface area contributed by atoms with Crippen molar-refractivity contribution < 1.29 is 9.63 Å². The van der Waals surface area contributed by atoms with Crippen LogP contribution in [0.4, 0.5) is 0 Å². The van der Waals surface area contributed by atoms with E-state index in [0.29, 0.717) is 11.9 Å². The van der Waals surface area contributed by atoms with Gasteiger partial charge < -0.3 is 9.63 Å². The van der Waals surface area contributed by atoms with Crippen LogP contribution in [0.25, 0.3) is 0 Å². The molecule has 2 heterocycles. The van der Waals surface area contributed by atoms with Crippen molar-refractivity contribution in [3.63, 3.8) is 0 Å². The van der Waals surface area contributed by atoms with Crippen LogP contribution in [0.3, 0.4) is 0 Å². The van der Waals surface area contributed by atoms with Crippen molar-refractivity contribution in [1.29, 1.82) is 0 Å². The zero-order valence-electron chi connectivity index (χ0n) is 11.9. The molecule has 1 fully saturated rings. The number of aromatic nitrogens is 2. The molecule has 1 aromatic heterocycles. The van der Waals surface area contributed by atoms with E-state index < -0.39 is 0 Å². The quantitative estimate of drug-likeness (QED) is 0.811. The van der Waals surface area contributed by atoms with Crippen LogP contribution in [0.1, 0.15) is 32.0 Å². The molecule has 1 aliphatic heterocycles. The van der Waals surface area contributed by atoms with Gasteiger partial charge in [-0.1, -0.05) is 19.0 Å². The highest BCUT2D eigenvalue weighted by molar-refractivity contribution is 4.87. The Bertz CT molecular complexity index is 370. The predicted molar refractivity (Wildman–Crippen MR) is 71.7 cm³/mol. The van der Waals surface area contributed by atoms with E-state index in [0.717, 1.165) is 51.4 Å². The molecule has 1 aromatic rings. The minimum atomic E-state index is 0.250. The molecule has 1 N–H and O–H groups in total.